The molecule has 1 aromatic carbocycles. The second kappa shape index (κ2) is 5.40. The third-order valence-corrected chi connectivity index (χ3v) is 3.53. The molecule has 4 nitrogen and oxygen atoms in total. The Morgan fingerprint density at radius 3 is 3.00 bits per heavy atom. The van der Waals surface area contributed by atoms with Crippen molar-refractivity contribution >= 4 is 6.09 Å². The largest absolute Gasteiger partial charge is 0.414 e. The monoisotopic (exact) mass is 248 g/mol. The van der Waals surface area contributed by atoms with Crippen LogP contribution in [0.2, 0.25) is 0 Å². The van der Waals surface area contributed by atoms with Crippen LogP contribution >= 0.6 is 0 Å². The number of nitrogens with zero attached hydrogens (tertiary/aromatic N) is 1. The summed E-state index contributed by atoms with van der Waals surface area (Å²) in [7, 11) is 3.69. The highest BCUT2D eigenvalue weighted by Gasteiger charge is 2.22. The Balaban J connectivity index is 2.14. The zero-order chi connectivity index (χ0) is 13.1. The number of amides is 1. The average molecular weight is 248 g/mol. The van der Waals surface area contributed by atoms with Crippen molar-refractivity contribution in [3.8, 4) is 5.75 Å². The summed E-state index contributed by atoms with van der Waals surface area (Å²) >= 11 is 0. The quantitative estimate of drug-likeness (QED) is 0.892. The highest BCUT2D eigenvalue weighted by molar-refractivity contribution is 5.70. The highest BCUT2D eigenvalue weighted by atomic mass is 16.6. The predicted molar refractivity (Wildman–Crippen MR) is 70.9 cm³/mol. The molecule has 18 heavy (non-hydrogen) atoms. The highest BCUT2D eigenvalue weighted by Crippen LogP contribution is 2.33. The zero-order valence-electron chi connectivity index (χ0n) is 11.2. The minimum Gasteiger partial charge on any atom is -0.410 e. The SMILES string of the molecule is CCN(C)C(=O)Oc1ccc2c(c1)[C@H](NC)CC2. The van der Waals surface area contributed by atoms with Crippen LogP contribution < -0.4 is 10.1 Å². The summed E-state index contributed by atoms with van der Waals surface area (Å²) in [5.41, 5.74) is 2.60. The summed E-state index contributed by atoms with van der Waals surface area (Å²) in [4.78, 5) is 13.2. The van der Waals surface area contributed by atoms with Gasteiger partial charge in [0.2, 0.25) is 0 Å². The van der Waals surface area contributed by atoms with Crippen molar-refractivity contribution < 1.29 is 9.53 Å². The first-order valence-corrected chi connectivity index (χ1v) is 6.38. The summed E-state index contributed by atoms with van der Waals surface area (Å²) in [6.07, 6.45) is 1.89. The van der Waals surface area contributed by atoms with Gasteiger partial charge in [-0.1, -0.05) is 6.07 Å². The van der Waals surface area contributed by atoms with Crippen molar-refractivity contribution in [1.29, 1.82) is 0 Å². The molecule has 2 rings (SSSR count). The van der Waals surface area contributed by atoms with Gasteiger partial charge in [-0.05, 0) is 50.1 Å². The van der Waals surface area contributed by atoms with Gasteiger partial charge in [-0.25, -0.2) is 4.79 Å². The van der Waals surface area contributed by atoms with Crippen molar-refractivity contribution in [3.63, 3.8) is 0 Å². The Labute approximate surface area is 108 Å². The molecule has 1 amide bonds. The second-order valence-corrected chi connectivity index (χ2v) is 4.62. The molecule has 0 bridgehead atoms. The third kappa shape index (κ3) is 2.48. The first kappa shape index (κ1) is 12.9. The van der Waals surface area contributed by atoms with E-state index in [2.05, 4.69) is 11.4 Å². The predicted octanol–water partition coefficient (Wildman–Crippen LogP) is 2.34. The maximum absolute atomic E-state index is 11.7. The van der Waals surface area contributed by atoms with Crippen LogP contribution in [0.1, 0.15) is 30.5 Å². The van der Waals surface area contributed by atoms with E-state index in [0.29, 0.717) is 18.3 Å². The Morgan fingerprint density at radius 2 is 2.33 bits per heavy atom. The molecule has 1 aliphatic carbocycles. The molecule has 4 heteroatoms. The molecule has 1 aliphatic rings. The number of ether oxygens (including phenoxy) is 1. The summed E-state index contributed by atoms with van der Waals surface area (Å²) in [6.45, 7) is 2.56. The van der Waals surface area contributed by atoms with Gasteiger partial charge in [0, 0.05) is 19.6 Å². The van der Waals surface area contributed by atoms with Crippen molar-refractivity contribution in [1.82, 2.24) is 10.2 Å². The minimum atomic E-state index is -0.309. The molecule has 0 aliphatic heterocycles. The first-order chi connectivity index (χ1) is 8.65. The molecule has 0 aromatic heterocycles. The lowest BCUT2D eigenvalue weighted by atomic mass is 10.1. The lowest BCUT2D eigenvalue weighted by Gasteiger charge is -2.15. The smallest absolute Gasteiger partial charge is 0.410 e. The number of hydrogen-bond acceptors (Lipinski definition) is 3. The number of fused-ring (bicyclic) bond motifs is 1. The maximum Gasteiger partial charge on any atom is 0.414 e. The van der Waals surface area contributed by atoms with Crippen LogP contribution in [0.4, 0.5) is 4.79 Å². The molecule has 1 aromatic rings. The molecule has 1 N–H and O–H groups in total. The minimum absolute atomic E-state index is 0.309. The zero-order valence-corrected chi connectivity index (χ0v) is 11.2. The van der Waals surface area contributed by atoms with Gasteiger partial charge in [-0.3, -0.25) is 0 Å². The van der Waals surface area contributed by atoms with Crippen LogP contribution in [0, 0.1) is 0 Å². The standard InChI is InChI=1S/C14H20N2O2/c1-4-16(3)14(17)18-11-7-5-10-6-8-13(15-2)12(10)9-11/h5,7,9,13,15H,4,6,8H2,1-3H3/t13-/m1/s1. The molecule has 0 radical (unpaired) electrons. The molecule has 0 saturated heterocycles. The van der Waals surface area contributed by atoms with Gasteiger partial charge in [-0.2, -0.15) is 0 Å². The van der Waals surface area contributed by atoms with Gasteiger partial charge >= 0.3 is 6.09 Å². The number of carbonyl (C=O) groups excluding carboxylic acids is 1. The Bertz CT molecular complexity index is 445. The lowest BCUT2D eigenvalue weighted by Crippen LogP contribution is -2.29. The molecule has 0 spiro atoms. The molecule has 98 valence electrons. The van der Waals surface area contributed by atoms with Crippen molar-refractivity contribution in [2.75, 3.05) is 20.6 Å². The van der Waals surface area contributed by atoms with Gasteiger partial charge in [0.25, 0.3) is 0 Å². The molecular formula is C14H20N2O2. The van der Waals surface area contributed by atoms with E-state index in [1.807, 2.05) is 26.1 Å². The molecule has 0 saturated carbocycles. The van der Waals surface area contributed by atoms with Crippen LogP contribution in [0.3, 0.4) is 0 Å². The van der Waals surface area contributed by atoms with Gasteiger partial charge in [0.05, 0.1) is 0 Å². The van der Waals surface area contributed by atoms with E-state index in [4.69, 9.17) is 4.74 Å². The van der Waals surface area contributed by atoms with Crippen LogP contribution in [0.15, 0.2) is 18.2 Å². The Morgan fingerprint density at radius 1 is 1.56 bits per heavy atom. The van der Waals surface area contributed by atoms with E-state index in [1.165, 1.54) is 11.1 Å². The number of benzene rings is 1. The number of hydrogen-bond donors (Lipinski definition) is 1. The molecule has 0 fully saturated rings. The Hall–Kier alpha value is -1.55. The first-order valence-electron chi connectivity index (χ1n) is 6.38. The van der Waals surface area contributed by atoms with Crippen molar-refractivity contribution in [2.45, 2.75) is 25.8 Å². The van der Waals surface area contributed by atoms with E-state index in [0.717, 1.165) is 12.8 Å². The summed E-state index contributed by atoms with van der Waals surface area (Å²) < 4.78 is 5.34. The number of carbonyl (C=O) groups is 1. The van der Waals surface area contributed by atoms with Crippen LogP contribution in [0.5, 0.6) is 5.75 Å². The topological polar surface area (TPSA) is 41.6 Å². The van der Waals surface area contributed by atoms with Gasteiger partial charge in [0.1, 0.15) is 5.75 Å². The number of rotatable bonds is 3. The Kier molecular flexibility index (Phi) is 3.87. The van der Waals surface area contributed by atoms with E-state index in [1.54, 1.807) is 11.9 Å². The normalized spacial score (nSPS) is 17.4. The fourth-order valence-electron chi connectivity index (χ4n) is 2.25. The average Bonchev–Trinajstić information content (AvgIpc) is 2.79. The van der Waals surface area contributed by atoms with Crippen LogP contribution in [-0.4, -0.2) is 31.6 Å². The second-order valence-electron chi connectivity index (χ2n) is 4.62. The third-order valence-electron chi connectivity index (χ3n) is 3.53. The van der Waals surface area contributed by atoms with E-state index >= 15 is 0 Å². The van der Waals surface area contributed by atoms with Crippen molar-refractivity contribution in [2.24, 2.45) is 0 Å². The summed E-state index contributed by atoms with van der Waals surface area (Å²) in [6, 6.07) is 6.28. The molecule has 1 atom stereocenters. The maximum atomic E-state index is 11.7. The van der Waals surface area contributed by atoms with Gasteiger partial charge < -0.3 is 15.0 Å². The van der Waals surface area contributed by atoms with E-state index in [9.17, 15) is 4.79 Å². The van der Waals surface area contributed by atoms with E-state index < -0.39 is 0 Å². The fourth-order valence-corrected chi connectivity index (χ4v) is 2.25. The van der Waals surface area contributed by atoms with Crippen molar-refractivity contribution in [3.05, 3.63) is 29.3 Å². The van der Waals surface area contributed by atoms with Crippen LogP contribution in [0.25, 0.3) is 0 Å². The molecular weight excluding hydrogens is 228 g/mol. The van der Waals surface area contributed by atoms with E-state index in [-0.39, 0.29) is 6.09 Å². The van der Waals surface area contributed by atoms with Gasteiger partial charge in [0.15, 0.2) is 0 Å². The fraction of sp³-hybridized carbons (Fsp3) is 0.500. The van der Waals surface area contributed by atoms with Crippen LogP contribution in [-0.2, 0) is 6.42 Å². The molecule has 0 unspecified atom stereocenters. The number of nitrogens with one attached hydrogen (secondary N) is 1. The molecule has 0 heterocycles. The number of aryl methyl sites for hydroxylation is 1. The lowest BCUT2D eigenvalue weighted by molar-refractivity contribution is 0.165. The summed E-state index contributed by atoms with van der Waals surface area (Å²) in [5.74, 6) is 0.626. The van der Waals surface area contributed by atoms with Gasteiger partial charge in [-0.15, -0.1) is 0 Å². The summed E-state index contributed by atoms with van der Waals surface area (Å²) in [5, 5.41) is 3.28.